The van der Waals surface area contributed by atoms with Crippen LogP contribution in [0.25, 0.3) is 0 Å². The van der Waals surface area contributed by atoms with E-state index in [1.807, 2.05) is 6.92 Å². The highest BCUT2D eigenvalue weighted by atomic mass is 19.1. The van der Waals surface area contributed by atoms with Crippen LogP contribution in [0.15, 0.2) is 42.5 Å². The van der Waals surface area contributed by atoms with Gasteiger partial charge in [0.25, 0.3) is 5.91 Å². The fourth-order valence-electron chi connectivity index (χ4n) is 4.18. The number of ether oxygens (including phenoxy) is 3. The SMILES string of the molecule is Cc1cc(C(=O)N2CC[C@@]3(c4ccc(F)cc4)OCOC3C2)ccc1OCC(C)(C)F. The molecule has 2 aliphatic rings. The number of carbonyl (C=O) groups excluding carboxylic acids is 1. The average molecular weight is 431 g/mol. The van der Waals surface area contributed by atoms with Crippen molar-refractivity contribution >= 4 is 5.91 Å². The molecule has 2 atom stereocenters. The first-order valence-corrected chi connectivity index (χ1v) is 10.4. The molecule has 2 saturated heterocycles. The minimum Gasteiger partial charge on any atom is -0.490 e. The number of carbonyl (C=O) groups is 1. The fourth-order valence-corrected chi connectivity index (χ4v) is 4.18. The summed E-state index contributed by atoms with van der Waals surface area (Å²) in [5.41, 5.74) is 0.0641. The second kappa shape index (κ2) is 8.20. The molecule has 1 amide bonds. The number of piperidine rings is 1. The fraction of sp³-hybridized carbons (Fsp3) is 0.458. The highest BCUT2D eigenvalue weighted by molar-refractivity contribution is 5.94. The van der Waals surface area contributed by atoms with E-state index >= 15 is 0 Å². The second-order valence-corrected chi connectivity index (χ2v) is 8.80. The van der Waals surface area contributed by atoms with Crippen LogP contribution in [0.4, 0.5) is 8.78 Å². The summed E-state index contributed by atoms with van der Waals surface area (Å²) in [6.45, 7) is 5.70. The highest BCUT2D eigenvalue weighted by Gasteiger charge is 2.51. The summed E-state index contributed by atoms with van der Waals surface area (Å²) in [7, 11) is 0. The molecule has 1 unspecified atom stereocenters. The maximum absolute atomic E-state index is 13.7. The van der Waals surface area contributed by atoms with Gasteiger partial charge < -0.3 is 19.1 Å². The Bertz CT molecular complexity index is 957. The van der Waals surface area contributed by atoms with Crippen molar-refractivity contribution in [2.45, 2.75) is 44.6 Å². The Balaban J connectivity index is 1.47. The lowest BCUT2D eigenvalue weighted by molar-refractivity contribution is -0.0439. The van der Waals surface area contributed by atoms with Crippen molar-refractivity contribution in [1.82, 2.24) is 4.90 Å². The van der Waals surface area contributed by atoms with Crippen LogP contribution in [0.2, 0.25) is 0 Å². The van der Waals surface area contributed by atoms with Gasteiger partial charge in [0.1, 0.15) is 42.3 Å². The number of rotatable bonds is 5. The number of aryl methyl sites for hydroxylation is 1. The van der Waals surface area contributed by atoms with Crippen LogP contribution in [0, 0.1) is 12.7 Å². The molecular formula is C24H27F2NO4. The van der Waals surface area contributed by atoms with Crippen molar-refractivity contribution < 1.29 is 27.8 Å². The van der Waals surface area contributed by atoms with Gasteiger partial charge in [0.15, 0.2) is 0 Å². The molecule has 0 spiro atoms. The van der Waals surface area contributed by atoms with E-state index in [4.69, 9.17) is 14.2 Å². The Morgan fingerprint density at radius 2 is 2.00 bits per heavy atom. The molecule has 0 aliphatic carbocycles. The number of fused-ring (bicyclic) bond motifs is 1. The summed E-state index contributed by atoms with van der Waals surface area (Å²) in [5.74, 6) is 0.147. The smallest absolute Gasteiger partial charge is 0.253 e. The standard InChI is InChI=1S/C24H27F2NO4/c1-16-12-17(4-9-20(16)29-14-23(2,3)26)22(28)27-11-10-24(21(13-27)30-15-31-24)18-5-7-19(25)8-6-18/h4-9,12,21H,10-11,13-15H2,1-3H3/t21?,24-/m0/s1. The first-order valence-electron chi connectivity index (χ1n) is 10.4. The largest absolute Gasteiger partial charge is 0.490 e. The van der Waals surface area contributed by atoms with E-state index in [1.165, 1.54) is 26.0 Å². The van der Waals surface area contributed by atoms with Gasteiger partial charge in [0, 0.05) is 18.5 Å². The van der Waals surface area contributed by atoms with E-state index in [-0.39, 0.29) is 31.2 Å². The van der Waals surface area contributed by atoms with E-state index in [1.54, 1.807) is 35.2 Å². The van der Waals surface area contributed by atoms with Crippen molar-refractivity contribution in [2.75, 3.05) is 26.5 Å². The van der Waals surface area contributed by atoms with Gasteiger partial charge in [-0.1, -0.05) is 12.1 Å². The van der Waals surface area contributed by atoms with Crippen LogP contribution in [-0.4, -0.2) is 49.1 Å². The topological polar surface area (TPSA) is 48.0 Å². The molecule has 0 radical (unpaired) electrons. The minimum absolute atomic E-state index is 0.0578. The van der Waals surface area contributed by atoms with Gasteiger partial charge in [0.05, 0.1) is 6.54 Å². The van der Waals surface area contributed by atoms with E-state index in [0.717, 1.165) is 11.1 Å². The molecule has 31 heavy (non-hydrogen) atoms. The Hall–Kier alpha value is -2.51. The van der Waals surface area contributed by atoms with Crippen molar-refractivity contribution in [3.8, 4) is 5.75 Å². The molecule has 4 rings (SSSR count). The maximum atomic E-state index is 13.7. The summed E-state index contributed by atoms with van der Waals surface area (Å²) in [5, 5.41) is 0. The maximum Gasteiger partial charge on any atom is 0.253 e. The Morgan fingerprint density at radius 3 is 2.68 bits per heavy atom. The van der Waals surface area contributed by atoms with E-state index in [2.05, 4.69) is 0 Å². The number of hydrogen-bond acceptors (Lipinski definition) is 4. The predicted octanol–water partition coefficient (Wildman–Crippen LogP) is 4.38. The van der Waals surface area contributed by atoms with Gasteiger partial charge >= 0.3 is 0 Å². The normalized spacial score (nSPS) is 23.5. The number of benzene rings is 2. The number of halogens is 2. The zero-order chi connectivity index (χ0) is 22.2. The average Bonchev–Trinajstić information content (AvgIpc) is 3.16. The first-order chi connectivity index (χ1) is 14.7. The Kier molecular flexibility index (Phi) is 5.75. The minimum atomic E-state index is -1.44. The second-order valence-electron chi connectivity index (χ2n) is 8.80. The van der Waals surface area contributed by atoms with Crippen LogP contribution >= 0.6 is 0 Å². The number of alkyl halides is 1. The zero-order valence-electron chi connectivity index (χ0n) is 18.0. The lowest BCUT2D eigenvalue weighted by Crippen LogP contribution is -2.53. The Labute approximate surface area is 180 Å². The van der Waals surface area contributed by atoms with Gasteiger partial charge in [0.2, 0.25) is 0 Å². The van der Waals surface area contributed by atoms with E-state index in [9.17, 15) is 13.6 Å². The number of likely N-dealkylation sites (tertiary alicyclic amines) is 1. The van der Waals surface area contributed by atoms with Crippen LogP contribution in [0.3, 0.4) is 0 Å². The third-order valence-electron chi connectivity index (χ3n) is 5.86. The predicted molar refractivity (Wildman–Crippen MR) is 111 cm³/mol. The lowest BCUT2D eigenvalue weighted by Gasteiger charge is -2.42. The zero-order valence-corrected chi connectivity index (χ0v) is 18.0. The van der Waals surface area contributed by atoms with Crippen molar-refractivity contribution in [3.05, 3.63) is 65.0 Å². The number of hydrogen-bond donors (Lipinski definition) is 0. The van der Waals surface area contributed by atoms with E-state index in [0.29, 0.717) is 30.8 Å². The monoisotopic (exact) mass is 431 g/mol. The van der Waals surface area contributed by atoms with Crippen molar-refractivity contribution in [1.29, 1.82) is 0 Å². The highest BCUT2D eigenvalue weighted by Crippen LogP contribution is 2.42. The molecule has 0 N–H and O–H groups in total. The lowest BCUT2D eigenvalue weighted by atomic mass is 9.82. The van der Waals surface area contributed by atoms with Crippen molar-refractivity contribution in [2.24, 2.45) is 0 Å². The molecule has 0 bridgehead atoms. The van der Waals surface area contributed by atoms with Gasteiger partial charge in [-0.05, 0) is 62.2 Å². The molecule has 0 saturated carbocycles. The van der Waals surface area contributed by atoms with Gasteiger partial charge in [-0.2, -0.15) is 0 Å². The summed E-state index contributed by atoms with van der Waals surface area (Å²) < 4.78 is 44.4. The molecular weight excluding hydrogens is 404 g/mol. The Morgan fingerprint density at radius 1 is 1.26 bits per heavy atom. The molecule has 166 valence electrons. The van der Waals surface area contributed by atoms with Crippen molar-refractivity contribution in [3.63, 3.8) is 0 Å². The quantitative estimate of drug-likeness (QED) is 0.705. The van der Waals surface area contributed by atoms with Gasteiger partial charge in [-0.3, -0.25) is 4.79 Å². The molecule has 2 aromatic carbocycles. The van der Waals surface area contributed by atoms with Crippen LogP contribution in [0.5, 0.6) is 5.75 Å². The summed E-state index contributed by atoms with van der Waals surface area (Å²) in [6.07, 6.45) is 0.229. The van der Waals surface area contributed by atoms with Gasteiger partial charge in [-0.25, -0.2) is 8.78 Å². The molecule has 7 heteroatoms. The van der Waals surface area contributed by atoms with Gasteiger partial charge in [-0.15, -0.1) is 0 Å². The molecule has 5 nitrogen and oxygen atoms in total. The molecule has 2 aliphatic heterocycles. The third-order valence-corrected chi connectivity index (χ3v) is 5.86. The third kappa shape index (κ3) is 4.43. The molecule has 2 aromatic rings. The van der Waals surface area contributed by atoms with Crippen LogP contribution in [0.1, 0.15) is 41.8 Å². The molecule has 0 aromatic heterocycles. The number of nitrogens with zero attached hydrogens (tertiary/aromatic N) is 1. The van der Waals surface area contributed by atoms with E-state index < -0.39 is 11.3 Å². The molecule has 2 heterocycles. The number of amides is 1. The summed E-state index contributed by atoms with van der Waals surface area (Å²) >= 11 is 0. The van der Waals surface area contributed by atoms with Crippen LogP contribution in [-0.2, 0) is 15.1 Å². The summed E-state index contributed by atoms with van der Waals surface area (Å²) in [4.78, 5) is 14.9. The summed E-state index contributed by atoms with van der Waals surface area (Å²) in [6, 6.07) is 11.4. The van der Waals surface area contributed by atoms with Crippen LogP contribution < -0.4 is 4.74 Å². The molecule has 2 fully saturated rings. The first kappa shape index (κ1) is 21.7.